The molecule has 29 heavy (non-hydrogen) atoms. The molecule has 2 aliphatic heterocycles. The van der Waals surface area contributed by atoms with Gasteiger partial charge < -0.3 is 25.0 Å². The van der Waals surface area contributed by atoms with Crippen molar-refractivity contribution in [3.8, 4) is 5.75 Å². The predicted molar refractivity (Wildman–Crippen MR) is 115 cm³/mol. The fourth-order valence-corrected chi connectivity index (χ4v) is 3.81. The zero-order valence-corrected chi connectivity index (χ0v) is 17.8. The van der Waals surface area contributed by atoms with E-state index in [1.165, 1.54) is 0 Å². The lowest BCUT2D eigenvalue weighted by atomic mass is 9.84. The second kappa shape index (κ2) is 12.0. The number of nitrogens with one attached hydrogen (secondary N) is 2. The van der Waals surface area contributed by atoms with Gasteiger partial charge in [0.1, 0.15) is 5.75 Å². The number of morpholine rings is 1. The molecule has 0 radical (unpaired) electrons. The number of amides is 2. The van der Waals surface area contributed by atoms with Crippen LogP contribution in [0.4, 0.5) is 5.69 Å². The van der Waals surface area contributed by atoms with E-state index in [0.717, 1.165) is 25.9 Å². The van der Waals surface area contributed by atoms with Gasteiger partial charge in [0.25, 0.3) is 5.91 Å². The third-order valence-electron chi connectivity index (χ3n) is 5.57. The van der Waals surface area contributed by atoms with Crippen LogP contribution in [0, 0.1) is 11.8 Å². The highest BCUT2D eigenvalue weighted by Gasteiger charge is 2.23. The van der Waals surface area contributed by atoms with Gasteiger partial charge in [-0.25, -0.2) is 0 Å². The van der Waals surface area contributed by atoms with Crippen LogP contribution in [0.5, 0.6) is 5.75 Å². The summed E-state index contributed by atoms with van der Waals surface area (Å²) >= 11 is 0. The standard InChI is InChI=1S/C21H31N3O4.ClH/c1-16(17-6-8-22-9-7-17)14-20(25)23-18-4-2-3-5-19(18)28-15-21(26)24-10-12-27-13-11-24;/h2-5,16-17,22H,6-15H2,1H3,(H,23,25);1H. The summed E-state index contributed by atoms with van der Waals surface area (Å²) < 4.78 is 11.0. The first kappa shape index (κ1) is 23.4. The minimum Gasteiger partial charge on any atom is -0.482 e. The Morgan fingerprint density at radius 2 is 1.93 bits per heavy atom. The van der Waals surface area contributed by atoms with E-state index in [2.05, 4.69) is 17.6 Å². The van der Waals surface area contributed by atoms with Gasteiger partial charge in [-0.2, -0.15) is 0 Å². The Labute approximate surface area is 178 Å². The summed E-state index contributed by atoms with van der Waals surface area (Å²) in [6.45, 7) is 6.48. The van der Waals surface area contributed by atoms with Crippen LogP contribution in [0.25, 0.3) is 0 Å². The number of nitrogens with zero attached hydrogens (tertiary/aromatic N) is 1. The third-order valence-corrected chi connectivity index (χ3v) is 5.57. The molecular formula is C21H32ClN3O4. The molecule has 2 N–H and O–H groups in total. The summed E-state index contributed by atoms with van der Waals surface area (Å²) in [4.78, 5) is 26.6. The molecule has 2 aliphatic rings. The Morgan fingerprint density at radius 3 is 2.66 bits per heavy atom. The monoisotopic (exact) mass is 425 g/mol. The number of carbonyl (C=O) groups is 2. The number of rotatable bonds is 7. The van der Waals surface area contributed by atoms with Crippen molar-refractivity contribution in [1.29, 1.82) is 0 Å². The van der Waals surface area contributed by atoms with E-state index in [1.54, 1.807) is 11.0 Å². The minimum absolute atomic E-state index is 0. The van der Waals surface area contributed by atoms with E-state index in [0.29, 0.717) is 56.0 Å². The first-order valence-corrected chi connectivity index (χ1v) is 10.2. The third kappa shape index (κ3) is 7.17. The van der Waals surface area contributed by atoms with Crippen molar-refractivity contribution in [3.63, 3.8) is 0 Å². The van der Waals surface area contributed by atoms with Crippen molar-refractivity contribution in [2.45, 2.75) is 26.2 Å². The van der Waals surface area contributed by atoms with E-state index < -0.39 is 0 Å². The molecule has 1 unspecified atom stereocenters. The average molecular weight is 426 g/mol. The lowest BCUT2D eigenvalue weighted by molar-refractivity contribution is -0.137. The lowest BCUT2D eigenvalue weighted by Gasteiger charge is -2.28. The molecule has 0 aromatic heterocycles. The fourth-order valence-electron chi connectivity index (χ4n) is 3.81. The van der Waals surface area contributed by atoms with Gasteiger partial charge in [0.2, 0.25) is 5.91 Å². The van der Waals surface area contributed by atoms with Gasteiger partial charge in [0.15, 0.2) is 6.61 Å². The molecule has 2 saturated heterocycles. The number of hydrogen-bond donors (Lipinski definition) is 2. The van der Waals surface area contributed by atoms with Crippen LogP contribution < -0.4 is 15.4 Å². The number of carbonyl (C=O) groups excluding carboxylic acids is 2. The molecule has 162 valence electrons. The summed E-state index contributed by atoms with van der Waals surface area (Å²) in [5.41, 5.74) is 0.611. The Hall–Kier alpha value is -1.83. The second-order valence-corrected chi connectivity index (χ2v) is 7.60. The molecule has 8 heteroatoms. The van der Waals surface area contributed by atoms with Crippen LogP contribution in [-0.2, 0) is 14.3 Å². The molecule has 0 spiro atoms. The zero-order valence-electron chi connectivity index (χ0n) is 17.0. The summed E-state index contributed by atoms with van der Waals surface area (Å²) in [5.74, 6) is 1.38. The van der Waals surface area contributed by atoms with E-state index >= 15 is 0 Å². The quantitative estimate of drug-likeness (QED) is 0.700. The van der Waals surface area contributed by atoms with Crippen molar-refractivity contribution in [2.24, 2.45) is 11.8 Å². The highest BCUT2D eigenvalue weighted by Crippen LogP contribution is 2.27. The normalized spacial score (nSPS) is 18.4. The number of anilines is 1. The summed E-state index contributed by atoms with van der Waals surface area (Å²) in [7, 11) is 0. The number of ether oxygens (including phenoxy) is 2. The fraction of sp³-hybridized carbons (Fsp3) is 0.619. The number of halogens is 1. The molecule has 0 aliphatic carbocycles. The maximum absolute atomic E-state index is 12.5. The van der Waals surface area contributed by atoms with Crippen molar-refractivity contribution in [2.75, 3.05) is 51.3 Å². The minimum atomic E-state index is -0.0658. The zero-order chi connectivity index (χ0) is 19.8. The first-order chi connectivity index (χ1) is 13.6. The topological polar surface area (TPSA) is 79.9 Å². The first-order valence-electron chi connectivity index (χ1n) is 10.2. The van der Waals surface area contributed by atoms with Crippen molar-refractivity contribution in [1.82, 2.24) is 10.2 Å². The van der Waals surface area contributed by atoms with Gasteiger partial charge in [0.05, 0.1) is 18.9 Å². The van der Waals surface area contributed by atoms with Gasteiger partial charge in [-0.15, -0.1) is 12.4 Å². The van der Waals surface area contributed by atoms with E-state index in [9.17, 15) is 9.59 Å². The van der Waals surface area contributed by atoms with Crippen LogP contribution in [0.2, 0.25) is 0 Å². The van der Waals surface area contributed by atoms with Crippen molar-refractivity contribution < 1.29 is 19.1 Å². The van der Waals surface area contributed by atoms with Crippen LogP contribution >= 0.6 is 12.4 Å². The SMILES string of the molecule is CC(CC(=O)Nc1ccccc1OCC(=O)N1CCOCC1)C1CCNCC1.Cl. The van der Waals surface area contributed by atoms with Gasteiger partial charge in [-0.1, -0.05) is 19.1 Å². The van der Waals surface area contributed by atoms with Crippen molar-refractivity contribution >= 4 is 29.9 Å². The van der Waals surface area contributed by atoms with E-state index in [-0.39, 0.29) is 30.8 Å². The maximum atomic E-state index is 12.5. The van der Waals surface area contributed by atoms with E-state index in [1.807, 2.05) is 18.2 Å². The number of para-hydroxylation sites is 2. The van der Waals surface area contributed by atoms with Crippen LogP contribution in [-0.4, -0.2) is 62.7 Å². The predicted octanol–water partition coefficient (Wildman–Crippen LogP) is 2.31. The number of benzene rings is 1. The highest BCUT2D eigenvalue weighted by atomic mass is 35.5. The van der Waals surface area contributed by atoms with Crippen LogP contribution in [0.1, 0.15) is 26.2 Å². The molecule has 0 bridgehead atoms. The second-order valence-electron chi connectivity index (χ2n) is 7.60. The smallest absolute Gasteiger partial charge is 0.260 e. The van der Waals surface area contributed by atoms with Crippen LogP contribution in [0.15, 0.2) is 24.3 Å². The lowest BCUT2D eigenvalue weighted by Crippen LogP contribution is -2.43. The van der Waals surface area contributed by atoms with Crippen LogP contribution in [0.3, 0.4) is 0 Å². The van der Waals surface area contributed by atoms with Crippen molar-refractivity contribution in [3.05, 3.63) is 24.3 Å². The van der Waals surface area contributed by atoms with Gasteiger partial charge in [-0.3, -0.25) is 9.59 Å². The Kier molecular flexibility index (Phi) is 9.70. The largest absolute Gasteiger partial charge is 0.482 e. The molecule has 7 nitrogen and oxygen atoms in total. The molecule has 3 rings (SSSR count). The highest BCUT2D eigenvalue weighted by molar-refractivity contribution is 5.92. The van der Waals surface area contributed by atoms with E-state index in [4.69, 9.17) is 9.47 Å². The molecule has 2 heterocycles. The average Bonchev–Trinajstić information content (AvgIpc) is 2.74. The molecule has 2 fully saturated rings. The molecular weight excluding hydrogens is 394 g/mol. The Morgan fingerprint density at radius 1 is 1.24 bits per heavy atom. The Bertz CT molecular complexity index is 661. The summed E-state index contributed by atoms with van der Waals surface area (Å²) in [6.07, 6.45) is 2.74. The van der Waals surface area contributed by atoms with Gasteiger partial charge in [-0.05, 0) is 49.9 Å². The molecule has 1 aromatic carbocycles. The summed E-state index contributed by atoms with van der Waals surface area (Å²) in [5, 5.41) is 6.32. The Balaban J connectivity index is 0.00000300. The molecule has 1 aromatic rings. The molecule has 1 atom stereocenters. The van der Waals surface area contributed by atoms with Gasteiger partial charge >= 0.3 is 0 Å². The summed E-state index contributed by atoms with van der Waals surface area (Å²) in [6, 6.07) is 7.27. The molecule has 2 amide bonds. The number of piperidine rings is 1. The van der Waals surface area contributed by atoms with Gasteiger partial charge in [0, 0.05) is 19.5 Å². The number of hydrogen-bond acceptors (Lipinski definition) is 5. The molecule has 0 saturated carbocycles. The maximum Gasteiger partial charge on any atom is 0.260 e.